The lowest BCUT2D eigenvalue weighted by molar-refractivity contribution is -0.144. The van der Waals surface area contributed by atoms with E-state index < -0.39 is 16.0 Å². The number of benzene rings is 1. The molecule has 118 valence electrons. The summed E-state index contributed by atoms with van der Waals surface area (Å²) < 4.78 is 37.7. The Morgan fingerprint density at radius 1 is 1.29 bits per heavy atom. The Bertz CT molecular complexity index is 584. The van der Waals surface area contributed by atoms with E-state index in [1.165, 1.54) is 25.3 Å². The largest absolute Gasteiger partial charge is 0.496 e. The highest BCUT2D eigenvalue weighted by Gasteiger charge is 2.15. The molecule has 21 heavy (non-hydrogen) atoms. The Morgan fingerprint density at radius 2 is 2.00 bits per heavy atom. The smallest absolute Gasteiger partial charge is 0.310 e. The van der Waals surface area contributed by atoms with Crippen LogP contribution < -0.4 is 9.88 Å². The maximum Gasteiger partial charge on any atom is 0.310 e. The molecule has 0 bridgehead atoms. The molecule has 7 nitrogen and oxygen atoms in total. The van der Waals surface area contributed by atoms with Crippen LogP contribution >= 0.6 is 0 Å². The van der Waals surface area contributed by atoms with Gasteiger partial charge in [0, 0.05) is 12.2 Å². The Hall–Kier alpha value is -1.64. The normalized spacial score (nSPS) is 11.2. The Morgan fingerprint density at radius 3 is 2.57 bits per heavy atom. The zero-order chi connectivity index (χ0) is 15.9. The summed E-state index contributed by atoms with van der Waals surface area (Å²) in [6.45, 7) is 2.84. The third-order valence-electron chi connectivity index (χ3n) is 2.61. The second kappa shape index (κ2) is 7.96. The molecule has 0 aliphatic rings. The summed E-state index contributed by atoms with van der Waals surface area (Å²) in [4.78, 5) is 11.6. The monoisotopic (exact) mass is 317 g/mol. The van der Waals surface area contributed by atoms with Crippen molar-refractivity contribution in [2.75, 3.05) is 26.9 Å². The van der Waals surface area contributed by atoms with Crippen molar-refractivity contribution >= 4 is 16.0 Å². The molecule has 0 amide bonds. The first-order valence-electron chi connectivity index (χ1n) is 6.31. The predicted molar refractivity (Wildman–Crippen MR) is 75.5 cm³/mol. The summed E-state index contributed by atoms with van der Waals surface area (Å²) in [6, 6.07) is 4.07. The third kappa shape index (κ3) is 5.70. The fourth-order valence-corrected chi connectivity index (χ4v) is 2.20. The van der Waals surface area contributed by atoms with Gasteiger partial charge in [-0.25, -0.2) is 13.6 Å². The van der Waals surface area contributed by atoms with Gasteiger partial charge in [0.2, 0.25) is 10.0 Å². The summed E-state index contributed by atoms with van der Waals surface area (Å²) in [6.07, 6.45) is -0.112. The first-order valence-corrected chi connectivity index (χ1v) is 7.86. The van der Waals surface area contributed by atoms with E-state index in [0.29, 0.717) is 24.5 Å². The molecule has 1 aromatic carbocycles. The van der Waals surface area contributed by atoms with Crippen molar-refractivity contribution in [1.82, 2.24) is 0 Å². The standard InChI is InChI=1S/C13H19NO6S/c1-3-19-6-7-20-13(15)9-10-8-11(21(14,16)17)4-5-12(10)18-2/h4-5,8H,3,6-7,9H2,1-2H3,(H2,14,16,17). The zero-order valence-corrected chi connectivity index (χ0v) is 12.8. The molecule has 0 saturated carbocycles. The second-order valence-corrected chi connectivity index (χ2v) is 5.67. The molecular formula is C13H19NO6S. The molecule has 8 heteroatoms. The van der Waals surface area contributed by atoms with E-state index in [-0.39, 0.29) is 17.9 Å². The van der Waals surface area contributed by atoms with Gasteiger partial charge in [0.25, 0.3) is 0 Å². The van der Waals surface area contributed by atoms with Gasteiger partial charge >= 0.3 is 5.97 Å². The van der Waals surface area contributed by atoms with Gasteiger partial charge in [0.15, 0.2) is 0 Å². The van der Waals surface area contributed by atoms with Crippen LogP contribution in [-0.4, -0.2) is 41.3 Å². The van der Waals surface area contributed by atoms with Gasteiger partial charge in [0.05, 0.1) is 25.0 Å². The first-order chi connectivity index (χ1) is 9.88. The van der Waals surface area contributed by atoms with Crippen molar-refractivity contribution in [2.45, 2.75) is 18.2 Å². The second-order valence-electron chi connectivity index (χ2n) is 4.11. The molecule has 0 fully saturated rings. The van der Waals surface area contributed by atoms with Gasteiger partial charge in [-0.2, -0.15) is 0 Å². The van der Waals surface area contributed by atoms with Crippen LogP contribution in [0, 0.1) is 0 Å². The van der Waals surface area contributed by atoms with E-state index in [0.717, 1.165) is 0 Å². The SMILES string of the molecule is CCOCCOC(=O)Cc1cc(S(N)(=O)=O)ccc1OC. The molecule has 0 atom stereocenters. The number of hydrogen-bond acceptors (Lipinski definition) is 6. The number of carbonyl (C=O) groups excluding carboxylic acids is 1. The van der Waals surface area contributed by atoms with Crippen LogP contribution in [0.15, 0.2) is 23.1 Å². The van der Waals surface area contributed by atoms with E-state index >= 15 is 0 Å². The van der Waals surface area contributed by atoms with Crippen LogP contribution in [-0.2, 0) is 30.7 Å². The fourth-order valence-electron chi connectivity index (χ4n) is 1.64. The van der Waals surface area contributed by atoms with Crippen LogP contribution in [0.4, 0.5) is 0 Å². The van der Waals surface area contributed by atoms with Crippen LogP contribution in [0.1, 0.15) is 12.5 Å². The van der Waals surface area contributed by atoms with Crippen LogP contribution in [0.3, 0.4) is 0 Å². The van der Waals surface area contributed by atoms with Crippen molar-refractivity contribution in [2.24, 2.45) is 5.14 Å². The number of rotatable bonds is 8. The minimum Gasteiger partial charge on any atom is -0.496 e. The maximum atomic E-state index is 11.7. The van der Waals surface area contributed by atoms with Crippen LogP contribution in [0.25, 0.3) is 0 Å². The molecule has 0 radical (unpaired) electrons. The number of primary sulfonamides is 1. The van der Waals surface area contributed by atoms with Crippen molar-refractivity contribution in [3.05, 3.63) is 23.8 Å². The predicted octanol–water partition coefficient (Wildman–Crippen LogP) is 0.465. The number of ether oxygens (including phenoxy) is 3. The lowest BCUT2D eigenvalue weighted by atomic mass is 10.1. The third-order valence-corrected chi connectivity index (χ3v) is 3.52. The Balaban J connectivity index is 2.78. The number of nitrogens with two attached hydrogens (primary N) is 1. The van der Waals surface area contributed by atoms with Crippen LogP contribution in [0.2, 0.25) is 0 Å². The van der Waals surface area contributed by atoms with Crippen LogP contribution in [0.5, 0.6) is 5.75 Å². The molecular weight excluding hydrogens is 298 g/mol. The zero-order valence-electron chi connectivity index (χ0n) is 12.0. The van der Waals surface area contributed by atoms with E-state index in [1.807, 2.05) is 6.92 Å². The van der Waals surface area contributed by atoms with Crippen molar-refractivity contribution in [3.63, 3.8) is 0 Å². The van der Waals surface area contributed by atoms with E-state index in [1.54, 1.807) is 0 Å². The van der Waals surface area contributed by atoms with E-state index in [2.05, 4.69) is 0 Å². The number of carbonyl (C=O) groups is 1. The highest BCUT2D eigenvalue weighted by molar-refractivity contribution is 7.89. The minimum atomic E-state index is -3.84. The molecule has 0 aromatic heterocycles. The molecule has 1 rings (SSSR count). The molecule has 0 heterocycles. The van der Waals surface area contributed by atoms with E-state index in [9.17, 15) is 13.2 Å². The molecule has 0 unspecified atom stereocenters. The summed E-state index contributed by atoms with van der Waals surface area (Å²) in [7, 11) is -2.41. The van der Waals surface area contributed by atoms with Gasteiger partial charge in [0.1, 0.15) is 12.4 Å². The molecule has 0 aliphatic carbocycles. The summed E-state index contributed by atoms with van der Waals surface area (Å²) in [5, 5.41) is 5.06. The maximum absolute atomic E-state index is 11.7. The summed E-state index contributed by atoms with van der Waals surface area (Å²) in [5.41, 5.74) is 0.394. The summed E-state index contributed by atoms with van der Waals surface area (Å²) >= 11 is 0. The van der Waals surface area contributed by atoms with Crippen molar-refractivity contribution in [3.8, 4) is 5.75 Å². The lowest BCUT2D eigenvalue weighted by Crippen LogP contribution is -2.15. The van der Waals surface area contributed by atoms with Gasteiger partial charge in [-0.05, 0) is 25.1 Å². The van der Waals surface area contributed by atoms with Gasteiger partial charge in [-0.15, -0.1) is 0 Å². The molecule has 2 N–H and O–H groups in total. The molecule has 0 spiro atoms. The average molecular weight is 317 g/mol. The first kappa shape index (κ1) is 17.4. The van der Waals surface area contributed by atoms with Crippen molar-refractivity contribution in [1.29, 1.82) is 0 Å². The highest BCUT2D eigenvalue weighted by atomic mass is 32.2. The van der Waals surface area contributed by atoms with E-state index in [4.69, 9.17) is 19.3 Å². The quantitative estimate of drug-likeness (QED) is 0.552. The molecule has 0 aliphatic heterocycles. The van der Waals surface area contributed by atoms with Gasteiger partial charge in [-0.1, -0.05) is 0 Å². The molecule has 0 saturated heterocycles. The Kier molecular flexibility index (Phi) is 6.60. The summed E-state index contributed by atoms with van der Waals surface area (Å²) in [5.74, 6) is -0.108. The minimum absolute atomic E-state index is 0.0829. The van der Waals surface area contributed by atoms with Gasteiger partial charge in [-0.3, -0.25) is 4.79 Å². The average Bonchev–Trinajstić information content (AvgIpc) is 2.42. The lowest BCUT2D eigenvalue weighted by Gasteiger charge is -2.10. The number of hydrogen-bond donors (Lipinski definition) is 1. The van der Waals surface area contributed by atoms with Gasteiger partial charge < -0.3 is 14.2 Å². The number of esters is 1. The fraction of sp³-hybridized carbons (Fsp3) is 0.462. The van der Waals surface area contributed by atoms with Crippen molar-refractivity contribution < 1.29 is 27.4 Å². The number of methoxy groups -OCH3 is 1. The number of sulfonamides is 1. The topological polar surface area (TPSA) is 105 Å². The Labute approximate surface area is 124 Å². The highest BCUT2D eigenvalue weighted by Crippen LogP contribution is 2.22. The molecule has 1 aromatic rings.